The van der Waals surface area contributed by atoms with E-state index in [2.05, 4.69) is 20.5 Å². The van der Waals surface area contributed by atoms with Crippen LogP contribution < -0.4 is 5.32 Å². The van der Waals surface area contributed by atoms with Gasteiger partial charge in [-0.2, -0.15) is 0 Å². The second-order valence-electron chi connectivity index (χ2n) is 8.09. The van der Waals surface area contributed by atoms with Gasteiger partial charge in [-0.15, -0.1) is 10.2 Å². The second-order valence-corrected chi connectivity index (χ2v) is 9.03. The van der Waals surface area contributed by atoms with Crippen LogP contribution in [0.5, 0.6) is 0 Å². The van der Waals surface area contributed by atoms with E-state index in [0.29, 0.717) is 33.5 Å². The average molecular weight is 514 g/mol. The summed E-state index contributed by atoms with van der Waals surface area (Å²) >= 11 is 1.35. The number of thioether (sulfide) groups is 1. The van der Waals surface area contributed by atoms with Gasteiger partial charge in [-0.25, -0.2) is 8.78 Å². The monoisotopic (exact) mass is 513 g/mol. The van der Waals surface area contributed by atoms with Crippen LogP contribution in [0.2, 0.25) is 0 Å². The first-order valence-electron chi connectivity index (χ1n) is 11.4. The van der Waals surface area contributed by atoms with Crippen molar-refractivity contribution in [3.63, 3.8) is 0 Å². The molecule has 9 heteroatoms. The smallest absolute Gasteiger partial charge is 0.251 e. The number of nitrogens with zero attached hydrogens (tertiary/aromatic N) is 4. The zero-order valence-corrected chi connectivity index (χ0v) is 20.3. The highest BCUT2D eigenvalue weighted by molar-refractivity contribution is 7.98. The van der Waals surface area contributed by atoms with Crippen molar-refractivity contribution >= 4 is 17.7 Å². The van der Waals surface area contributed by atoms with Crippen molar-refractivity contribution < 1.29 is 13.6 Å². The quantitative estimate of drug-likeness (QED) is 0.264. The van der Waals surface area contributed by atoms with Gasteiger partial charge in [0.25, 0.3) is 5.91 Å². The summed E-state index contributed by atoms with van der Waals surface area (Å²) in [7, 11) is 0. The maximum absolute atomic E-state index is 14.8. The SMILES string of the molecule is O=C(NCc1ccc(F)cc1)c1ccccc1CSc1nnc(-c2cccnc2)n1-c1ccccc1F. The zero-order valence-electron chi connectivity index (χ0n) is 19.5. The molecule has 5 rings (SSSR count). The van der Waals surface area contributed by atoms with Crippen molar-refractivity contribution in [3.8, 4) is 17.1 Å². The van der Waals surface area contributed by atoms with E-state index >= 15 is 0 Å². The van der Waals surface area contributed by atoms with Crippen molar-refractivity contribution in [1.29, 1.82) is 0 Å². The maximum Gasteiger partial charge on any atom is 0.251 e. The van der Waals surface area contributed by atoms with Gasteiger partial charge >= 0.3 is 0 Å². The Hall–Kier alpha value is -4.37. The number of benzene rings is 3. The van der Waals surface area contributed by atoms with Crippen molar-refractivity contribution in [2.24, 2.45) is 0 Å². The molecule has 0 saturated carbocycles. The van der Waals surface area contributed by atoms with Gasteiger partial charge in [0.2, 0.25) is 0 Å². The Kier molecular flexibility index (Phi) is 7.32. The number of rotatable bonds is 8. The van der Waals surface area contributed by atoms with Crippen LogP contribution in [0.15, 0.2) is 102 Å². The van der Waals surface area contributed by atoms with Gasteiger partial charge in [-0.3, -0.25) is 14.3 Å². The van der Waals surface area contributed by atoms with Gasteiger partial charge in [0.05, 0.1) is 5.69 Å². The number of carbonyl (C=O) groups is 1. The molecular formula is C28H21F2N5OS. The van der Waals surface area contributed by atoms with Crippen molar-refractivity contribution in [3.05, 3.63) is 126 Å². The van der Waals surface area contributed by atoms with Gasteiger partial charge in [0.15, 0.2) is 11.0 Å². The van der Waals surface area contributed by atoms with Gasteiger partial charge in [-0.1, -0.05) is 54.2 Å². The van der Waals surface area contributed by atoms with E-state index in [9.17, 15) is 13.6 Å². The van der Waals surface area contributed by atoms with E-state index in [1.54, 1.807) is 65.5 Å². The van der Waals surface area contributed by atoms with E-state index in [0.717, 1.165) is 11.1 Å². The largest absolute Gasteiger partial charge is 0.348 e. The molecule has 2 heterocycles. The van der Waals surface area contributed by atoms with Crippen LogP contribution in [0.25, 0.3) is 17.1 Å². The lowest BCUT2D eigenvalue weighted by Gasteiger charge is -2.12. The molecule has 0 aliphatic heterocycles. The molecule has 1 amide bonds. The summed E-state index contributed by atoms with van der Waals surface area (Å²) in [5.74, 6) is -0.111. The lowest BCUT2D eigenvalue weighted by Crippen LogP contribution is -2.23. The van der Waals surface area contributed by atoms with E-state index in [1.165, 1.54) is 30.0 Å². The Morgan fingerprint density at radius 1 is 0.892 bits per heavy atom. The molecule has 3 aromatic carbocycles. The molecular weight excluding hydrogens is 492 g/mol. The number of amides is 1. The Morgan fingerprint density at radius 2 is 1.68 bits per heavy atom. The number of pyridine rings is 1. The molecule has 0 spiro atoms. The fraction of sp³-hybridized carbons (Fsp3) is 0.0714. The lowest BCUT2D eigenvalue weighted by molar-refractivity contribution is 0.0950. The molecule has 37 heavy (non-hydrogen) atoms. The molecule has 0 radical (unpaired) electrons. The fourth-order valence-electron chi connectivity index (χ4n) is 3.79. The van der Waals surface area contributed by atoms with E-state index in [1.807, 2.05) is 18.2 Å². The first-order valence-corrected chi connectivity index (χ1v) is 12.4. The van der Waals surface area contributed by atoms with E-state index in [4.69, 9.17) is 0 Å². The minimum Gasteiger partial charge on any atom is -0.348 e. The van der Waals surface area contributed by atoms with Crippen molar-refractivity contribution in [2.45, 2.75) is 17.5 Å². The van der Waals surface area contributed by atoms with E-state index in [-0.39, 0.29) is 18.3 Å². The maximum atomic E-state index is 14.8. The van der Waals surface area contributed by atoms with Gasteiger partial charge in [0.1, 0.15) is 11.6 Å². The first-order chi connectivity index (χ1) is 18.1. The topological polar surface area (TPSA) is 72.7 Å². The Labute approximate surface area is 216 Å². The standard InChI is InChI=1S/C28H21F2N5OS/c29-22-13-11-19(12-14-22)16-32-27(36)23-8-2-1-6-21(23)18-37-28-34-33-26(20-7-5-15-31-17-20)35(28)25-10-4-3-9-24(25)30/h1-15,17H,16,18H2,(H,32,36). The number of hydrogen-bond acceptors (Lipinski definition) is 5. The average Bonchev–Trinajstić information content (AvgIpc) is 3.36. The third-order valence-corrected chi connectivity index (χ3v) is 6.61. The van der Waals surface area contributed by atoms with Gasteiger partial charge in [0, 0.05) is 35.8 Å². The van der Waals surface area contributed by atoms with Crippen LogP contribution >= 0.6 is 11.8 Å². The Balaban J connectivity index is 1.39. The van der Waals surface area contributed by atoms with Crippen LogP contribution in [0.4, 0.5) is 8.78 Å². The lowest BCUT2D eigenvalue weighted by atomic mass is 10.1. The molecule has 0 aliphatic rings. The molecule has 0 saturated heterocycles. The summed E-state index contributed by atoms with van der Waals surface area (Å²) in [5.41, 5.74) is 3.11. The first kappa shape index (κ1) is 24.3. The second kappa shape index (κ2) is 11.1. The summed E-state index contributed by atoms with van der Waals surface area (Å²) in [6.45, 7) is 0.274. The summed E-state index contributed by atoms with van der Waals surface area (Å²) < 4.78 is 29.7. The van der Waals surface area contributed by atoms with Gasteiger partial charge < -0.3 is 5.32 Å². The molecule has 184 valence electrons. The molecule has 0 aliphatic carbocycles. The zero-order chi connectivity index (χ0) is 25.6. The van der Waals surface area contributed by atoms with Crippen LogP contribution in [0.1, 0.15) is 21.5 Å². The molecule has 1 N–H and O–H groups in total. The number of aromatic nitrogens is 4. The number of halogens is 2. The summed E-state index contributed by atoms with van der Waals surface area (Å²) in [4.78, 5) is 17.1. The Morgan fingerprint density at radius 3 is 2.46 bits per heavy atom. The van der Waals surface area contributed by atoms with Crippen LogP contribution in [-0.2, 0) is 12.3 Å². The van der Waals surface area contributed by atoms with Crippen LogP contribution in [-0.4, -0.2) is 25.7 Å². The van der Waals surface area contributed by atoms with Crippen molar-refractivity contribution in [1.82, 2.24) is 25.1 Å². The molecule has 0 atom stereocenters. The minimum atomic E-state index is -0.408. The van der Waals surface area contributed by atoms with Crippen LogP contribution in [0.3, 0.4) is 0 Å². The number of carbonyl (C=O) groups excluding carboxylic acids is 1. The highest BCUT2D eigenvalue weighted by Crippen LogP contribution is 2.31. The summed E-state index contributed by atoms with van der Waals surface area (Å²) in [6.07, 6.45) is 3.30. The number of nitrogens with one attached hydrogen (secondary N) is 1. The molecule has 6 nitrogen and oxygen atoms in total. The highest BCUT2D eigenvalue weighted by Gasteiger charge is 2.20. The van der Waals surface area contributed by atoms with E-state index < -0.39 is 5.82 Å². The summed E-state index contributed by atoms with van der Waals surface area (Å²) in [5, 5.41) is 12.0. The number of para-hydroxylation sites is 1. The predicted octanol–water partition coefficient (Wildman–Crippen LogP) is 5.83. The third-order valence-electron chi connectivity index (χ3n) is 5.63. The molecule has 2 aromatic heterocycles. The fourth-order valence-corrected chi connectivity index (χ4v) is 4.73. The van der Waals surface area contributed by atoms with Crippen molar-refractivity contribution in [2.75, 3.05) is 0 Å². The molecule has 0 bridgehead atoms. The molecule has 0 fully saturated rings. The normalized spacial score (nSPS) is 10.9. The van der Waals surface area contributed by atoms with Gasteiger partial charge in [-0.05, 0) is 53.6 Å². The van der Waals surface area contributed by atoms with Crippen LogP contribution in [0, 0.1) is 11.6 Å². The molecule has 5 aromatic rings. The predicted molar refractivity (Wildman–Crippen MR) is 138 cm³/mol. The summed E-state index contributed by atoms with van der Waals surface area (Å²) in [6, 6.07) is 23.3. The minimum absolute atomic E-state index is 0.243. The molecule has 0 unspecified atom stereocenters. The highest BCUT2D eigenvalue weighted by atomic mass is 32.2. The Bertz CT molecular complexity index is 1520. The number of hydrogen-bond donors (Lipinski definition) is 1. The third kappa shape index (κ3) is 5.57.